The summed E-state index contributed by atoms with van der Waals surface area (Å²) < 4.78 is 46.7. The summed E-state index contributed by atoms with van der Waals surface area (Å²) in [5.41, 5.74) is 1.53. The minimum Gasteiger partial charge on any atom is -0.451 e. The van der Waals surface area contributed by atoms with Crippen LogP contribution in [0.25, 0.3) is 11.0 Å². The molecule has 0 atom stereocenters. The third-order valence-corrected chi connectivity index (χ3v) is 6.73. The number of benzene rings is 2. The molecule has 0 bridgehead atoms. The van der Waals surface area contributed by atoms with Crippen LogP contribution in [-0.4, -0.2) is 23.3 Å². The molecule has 33 heavy (non-hydrogen) atoms. The van der Waals surface area contributed by atoms with Crippen LogP contribution in [-0.2, 0) is 10.5 Å². The van der Waals surface area contributed by atoms with Crippen molar-refractivity contribution < 1.29 is 27.2 Å². The number of nitrogens with zero attached hydrogens (tertiary/aromatic N) is 1. The van der Waals surface area contributed by atoms with Crippen LogP contribution >= 0.6 is 23.1 Å². The molecule has 0 fully saturated rings. The number of amides is 2. The highest BCUT2D eigenvalue weighted by Gasteiger charge is 2.22. The molecule has 0 aliphatic carbocycles. The summed E-state index contributed by atoms with van der Waals surface area (Å²) in [6.07, 6.45) is 0. The van der Waals surface area contributed by atoms with Crippen molar-refractivity contribution in [2.24, 2.45) is 0 Å². The molecule has 4 rings (SSSR count). The number of aromatic nitrogens is 1. The second-order valence-electron chi connectivity index (χ2n) is 6.90. The smallest absolute Gasteiger partial charge is 0.287 e. The molecule has 170 valence electrons. The Hall–Kier alpha value is -3.31. The van der Waals surface area contributed by atoms with Crippen LogP contribution in [0.15, 0.2) is 50.5 Å². The molecule has 6 nitrogen and oxygen atoms in total. The predicted octanol–water partition coefficient (Wildman–Crippen LogP) is 5.28. The normalized spacial score (nSPS) is 11.0. The van der Waals surface area contributed by atoms with E-state index in [1.54, 1.807) is 12.1 Å². The zero-order valence-electron chi connectivity index (χ0n) is 17.1. The molecule has 4 aromatic rings. The van der Waals surface area contributed by atoms with E-state index in [0.717, 1.165) is 21.5 Å². The second kappa shape index (κ2) is 9.67. The number of furan rings is 1. The third kappa shape index (κ3) is 5.04. The fraction of sp³-hybridized carbons (Fsp3) is 0.136. The Labute approximate surface area is 194 Å². The molecule has 0 unspecified atom stereocenters. The molecule has 0 spiro atoms. The molecular formula is C22H16F3N3O3S2. The Kier molecular flexibility index (Phi) is 6.70. The fourth-order valence-electron chi connectivity index (χ4n) is 3.02. The number of thiazole rings is 1. The topological polar surface area (TPSA) is 84.2 Å². The molecule has 0 saturated carbocycles. The van der Waals surface area contributed by atoms with Crippen molar-refractivity contribution in [3.05, 3.63) is 76.2 Å². The van der Waals surface area contributed by atoms with Crippen LogP contribution in [0.5, 0.6) is 0 Å². The first-order valence-corrected chi connectivity index (χ1v) is 11.5. The zero-order valence-corrected chi connectivity index (χ0v) is 18.7. The Morgan fingerprint density at radius 2 is 1.91 bits per heavy atom. The number of rotatable bonds is 7. The van der Waals surface area contributed by atoms with Crippen molar-refractivity contribution >= 4 is 51.6 Å². The Balaban J connectivity index is 1.47. The fourth-order valence-corrected chi connectivity index (χ4v) is 4.89. The van der Waals surface area contributed by atoms with E-state index in [9.17, 15) is 22.8 Å². The van der Waals surface area contributed by atoms with Crippen molar-refractivity contribution in [3.8, 4) is 0 Å². The number of anilines is 1. The van der Waals surface area contributed by atoms with E-state index in [2.05, 4.69) is 15.6 Å². The minimum absolute atomic E-state index is 0.0452. The van der Waals surface area contributed by atoms with Crippen LogP contribution < -0.4 is 10.6 Å². The number of aryl methyl sites for hydroxylation is 1. The summed E-state index contributed by atoms with van der Waals surface area (Å²) in [4.78, 5) is 29.3. The van der Waals surface area contributed by atoms with E-state index in [4.69, 9.17) is 4.42 Å². The molecule has 2 amide bonds. The largest absolute Gasteiger partial charge is 0.451 e. The van der Waals surface area contributed by atoms with E-state index in [1.165, 1.54) is 23.1 Å². The molecule has 2 heterocycles. The van der Waals surface area contributed by atoms with E-state index >= 15 is 0 Å². The molecule has 2 N–H and O–H groups in total. The first kappa shape index (κ1) is 22.9. The van der Waals surface area contributed by atoms with Gasteiger partial charge in [-0.25, -0.2) is 18.2 Å². The summed E-state index contributed by atoms with van der Waals surface area (Å²) in [6, 6.07) is 8.74. The molecular weight excluding hydrogens is 475 g/mol. The van der Waals surface area contributed by atoms with Crippen molar-refractivity contribution in [1.29, 1.82) is 0 Å². The van der Waals surface area contributed by atoms with Gasteiger partial charge in [-0.3, -0.25) is 9.59 Å². The highest BCUT2D eigenvalue weighted by atomic mass is 32.2. The van der Waals surface area contributed by atoms with E-state index < -0.39 is 41.5 Å². The van der Waals surface area contributed by atoms with Crippen molar-refractivity contribution in [1.82, 2.24) is 10.3 Å². The van der Waals surface area contributed by atoms with Crippen LogP contribution in [0.3, 0.4) is 0 Å². The monoisotopic (exact) mass is 491 g/mol. The minimum atomic E-state index is -1.70. The lowest BCUT2D eigenvalue weighted by molar-refractivity contribution is -0.115. The van der Waals surface area contributed by atoms with Gasteiger partial charge in [-0.15, -0.1) is 11.3 Å². The maximum absolute atomic E-state index is 13.7. The van der Waals surface area contributed by atoms with Crippen LogP contribution in [0.1, 0.15) is 21.8 Å². The first-order chi connectivity index (χ1) is 15.8. The number of hydrogen-bond donors (Lipinski definition) is 2. The first-order valence-electron chi connectivity index (χ1n) is 9.60. The van der Waals surface area contributed by atoms with E-state index in [-0.39, 0.29) is 5.76 Å². The van der Waals surface area contributed by atoms with Gasteiger partial charge in [0.2, 0.25) is 5.91 Å². The molecule has 2 aromatic carbocycles. The van der Waals surface area contributed by atoms with Gasteiger partial charge < -0.3 is 15.1 Å². The van der Waals surface area contributed by atoms with Crippen molar-refractivity contribution in [3.63, 3.8) is 0 Å². The lowest BCUT2D eigenvalue weighted by Crippen LogP contribution is -2.33. The number of carbonyl (C=O) groups is 2. The number of fused-ring (bicyclic) bond motifs is 1. The van der Waals surface area contributed by atoms with Gasteiger partial charge in [0.25, 0.3) is 5.91 Å². The van der Waals surface area contributed by atoms with Gasteiger partial charge in [0.1, 0.15) is 9.92 Å². The number of carbonyl (C=O) groups excluding carboxylic acids is 2. The maximum Gasteiger partial charge on any atom is 0.287 e. The SMILES string of the molecule is Cc1csc(SCc2c(C(=O)NCC(=O)Nc3ccc(F)c(F)c3F)oc3ccccc23)n1. The highest BCUT2D eigenvalue weighted by Crippen LogP contribution is 2.33. The number of halogens is 3. The number of nitrogens with one attached hydrogen (secondary N) is 2. The predicted molar refractivity (Wildman–Crippen MR) is 120 cm³/mol. The van der Waals surface area contributed by atoms with Crippen LogP contribution in [0.2, 0.25) is 0 Å². The maximum atomic E-state index is 13.7. The number of para-hydroxylation sites is 1. The quantitative estimate of drug-likeness (QED) is 0.272. The summed E-state index contributed by atoms with van der Waals surface area (Å²) >= 11 is 2.95. The summed E-state index contributed by atoms with van der Waals surface area (Å²) in [5.74, 6) is -5.60. The van der Waals surface area contributed by atoms with Gasteiger partial charge in [-0.2, -0.15) is 0 Å². The van der Waals surface area contributed by atoms with Gasteiger partial charge in [0, 0.05) is 27.8 Å². The second-order valence-corrected chi connectivity index (χ2v) is 8.98. The average molecular weight is 492 g/mol. The van der Waals surface area contributed by atoms with Crippen molar-refractivity contribution in [2.45, 2.75) is 17.0 Å². The summed E-state index contributed by atoms with van der Waals surface area (Å²) in [7, 11) is 0. The summed E-state index contributed by atoms with van der Waals surface area (Å²) in [6.45, 7) is 1.36. The molecule has 0 aliphatic heterocycles. The Bertz CT molecular complexity index is 1350. The van der Waals surface area contributed by atoms with Gasteiger partial charge >= 0.3 is 0 Å². The molecule has 11 heteroatoms. The van der Waals surface area contributed by atoms with Gasteiger partial charge in [0.05, 0.1) is 12.2 Å². The highest BCUT2D eigenvalue weighted by molar-refractivity contribution is 8.00. The Morgan fingerprint density at radius 1 is 1.12 bits per heavy atom. The van der Waals surface area contributed by atoms with Gasteiger partial charge in [-0.1, -0.05) is 30.0 Å². The molecule has 0 radical (unpaired) electrons. The lowest BCUT2D eigenvalue weighted by Gasteiger charge is -2.08. The van der Waals surface area contributed by atoms with E-state index in [0.29, 0.717) is 23.0 Å². The zero-order chi connectivity index (χ0) is 23.5. The van der Waals surface area contributed by atoms with Gasteiger partial charge in [0.15, 0.2) is 23.2 Å². The molecule has 0 aliphatic rings. The Morgan fingerprint density at radius 3 is 2.67 bits per heavy atom. The molecule has 0 saturated heterocycles. The van der Waals surface area contributed by atoms with Crippen LogP contribution in [0, 0.1) is 24.4 Å². The van der Waals surface area contributed by atoms with Gasteiger partial charge in [-0.05, 0) is 25.1 Å². The van der Waals surface area contributed by atoms with E-state index in [1.807, 2.05) is 24.4 Å². The van der Waals surface area contributed by atoms with Crippen LogP contribution in [0.4, 0.5) is 18.9 Å². The summed E-state index contributed by atoms with van der Waals surface area (Å²) in [5, 5.41) is 7.20. The number of thioether (sulfide) groups is 1. The molecule has 2 aromatic heterocycles. The average Bonchev–Trinajstić information content (AvgIpc) is 3.39. The standard InChI is InChI=1S/C22H16F3N3O3S2/c1-11-9-32-22(27-11)33-10-13-12-4-2-3-5-16(12)31-20(13)21(30)26-8-17(29)28-15-7-6-14(23)18(24)19(15)25/h2-7,9H,8,10H2,1H3,(H,26,30)(H,28,29). The van der Waals surface area contributed by atoms with Crippen molar-refractivity contribution in [2.75, 3.05) is 11.9 Å². The number of hydrogen-bond acceptors (Lipinski definition) is 6. The lowest BCUT2D eigenvalue weighted by atomic mass is 10.1. The third-order valence-electron chi connectivity index (χ3n) is 4.56.